The Morgan fingerprint density at radius 1 is 1.17 bits per heavy atom. The molecule has 4 nitrogen and oxygen atoms in total. The number of amides is 1. The van der Waals surface area contributed by atoms with Crippen LogP contribution in [-0.4, -0.2) is 23.7 Å². The van der Waals surface area contributed by atoms with Gasteiger partial charge in [-0.25, -0.2) is 0 Å². The van der Waals surface area contributed by atoms with Crippen LogP contribution in [-0.2, 0) is 11.3 Å². The number of ether oxygens (including phenoxy) is 1. The topological polar surface area (TPSA) is 58.6 Å². The summed E-state index contributed by atoms with van der Waals surface area (Å²) in [5, 5.41) is 13.5. The minimum Gasteiger partial charge on any atom is -0.496 e. The van der Waals surface area contributed by atoms with Crippen molar-refractivity contribution in [1.29, 1.82) is 0 Å². The van der Waals surface area contributed by atoms with Gasteiger partial charge in [0.25, 0.3) is 5.91 Å². The summed E-state index contributed by atoms with van der Waals surface area (Å²) in [4.78, 5) is 12.5. The fourth-order valence-electron chi connectivity index (χ4n) is 2.47. The molecule has 23 heavy (non-hydrogen) atoms. The number of methoxy groups -OCH3 is 1. The molecule has 1 amide bonds. The SMILES string of the molecule is COc1ccccc1CNC(=O)[C@](C)(O)[C@@H](C)c1ccccc1. The lowest BCUT2D eigenvalue weighted by Crippen LogP contribution is -2.47. The minimum absolute atomic E-state index is 0.306. The molecular weight excluding hydrogens is 290 g/mol. The lowest BCUT2D eigenvalue weighted by atomic mass is 9.84. The molecule has 2 atom stereocenters. The Morgan fingerprint density at radius 2 is 1.78 bits per heavy atom. The fourth-order valence-corrected chi connectivity index (χ4v) is 2.47. The van der Waals surface area contributed by atoms with Crippen molar-refractivity contribution >= 4 is 5.91 Å². The maximum absolute atomic E-state index is 12.5. The molecule has 0 fully saturated rings. The van der Waals surface area contributed by atoms with Crippen molar-refractivity contribution in [3.05, 3.63) is 65.7 Å². The zero-order valence-corrected chi connectivity index (χ0v) is 13.7. The van der Waals surface area contributed by atoms with Crippen LogP contribution in [0.2, 0.25) is 0 Å². The van der Waals surface area contributed by atoms with Crippen molar-refractivity contribution < 1.29 is 14.6 Å². The number of carbonyl (C=O) groups is 1. The van der Waals surface area contributed by atoms with Gasteiger partial charge >= 0.3 is 0 Å². The first-order valence-corrected chi connectivity index (χ1v) is 7.64. The van der Waals surface area contributed by atoms with Crippen LogP contribution in [0.15, 0.2) is 54.6 Å². The van der Waals surface area contributed by atoms with Gasteiger partial charge < -0.3 is 15.2 Å². The van der Waals surface area contributed by atoms with Crippen LogP contribution < -0.4 is 10.1 Å². The molecule has 0 saturated carbocycles. The highest BCUT2D eigenvalue weighted by Gasteiger charge is 2.37. The smallest absolute Gasteiger partial charge is 0.252 e. The number of benzene rings is 2. The summed E-state index contributed by atoms with van der Waals surface area (Å²) in [5.74, 6) is -0.00956. The second kappa shape index (κ2) is 7.29. The molecular formula is C19H23NO3. The van der Waals surface area contributed by atoms with Gasteiger partial charge in [-0.1, -0.05) is 55.5 Å². The Hall–Kier alpha value is -2.33. The zero-order chi connectivity index (χ0) is 16.9. The van der Waals surface area contributed by atoms with E-state index in [1.54, 1.807) is 14.0 Å². The van der Waals surface area contributed by atoms with Crippen molar-refractivity contribution in [2.24, 2.45) is 0 Å². The third-order valence-electron chi connectivity index (χ3n) is 4.23. The molecule has 2 aromatic carbocycles. The predicted octanol–water partition coefficient (Wildman–Crippen LogP) is 2.87. The average molecular weight is 313 g/mol. The quantitative estimate of drug-likeness (QED) is 0.862. The van der Waals surface area contributed by atoms with Crippen LogP contribution in [0.4, 0.5) is 0 Å². The molecule has 0 saturated heterocycles. The van der Waals surface area contributed by atoms with Crippen molar-refractivity contribution in [3.63, 3.8) is 0 Å². The van der Waals surface area contributed by atoms with Gasteiger partial charge in [-0.2, -0.15) is 0 Å². The van der Waals surface area contributed by atoms with E-state index in [1.165, 1.54) is 0 Å². The molecule has 2 aromatic rings. The van der Waals surface area contributed by atoms with Crippen LogP contribution in [0.25, 0.3) is 0 Å². The van der Waals surface area contributed by atoms with Crippen molar-refractivity contribution in [2.45, 2.75) is 31.9 Å². The summed E-state index contributed by atoms with van der Waals surface area (Å²) in [7, 11) is 1.59. The van der Waals surface area contributed by atoms with Crippen LogP contribution >= 0.6 is 0 Å². The molecule has 0 spiro atoms. The largest absolute Gasteiger partial charge is 0.496 e. The van der Waals surface area contributed by atoms with Gasteiger partial charge in [0.15, 0.2) is 0 Å². The maximum Gasteiger partial charge on any atom is 0.252 e. The number of nitrogens with one attached hydrogen (secondary N) is 1. The Bertz CT molecular complexity index is 653. The molecule has 0 unspecified atom stereocenters. The van der Waals surface area contributed by atoms with Crippen LogP contribution in [0, 0.1) is 0 Å². The number of rotatable bonds is 6. The third-order valence-corrected chi connectivity index (χ3v) is 4.23. The number of aliphatic hydroxyl groups is 1. The molecule has 0 aromatic heterocycles. The maximum atomic E-state index is 12.5. The molecule has 0 bridgehead atoms. The van der Waals surface area contributed by atoms with E-state index in [2.05, 4.69) is 5.32 Å². The first-order valence-electron chi connectivity index (χ1n) is 7.64. The normalized spacial score (nSPS) is 14.6. The summed E-state index contributed by atoms with van der Waals surface area (Å²) in [6.45, 7) is 3.70. The zero-order valence-electron chi connectivity index (χ0n) is 13.7. The van der Waals surface area contributed by atoms with Gasteiger partial charge in [-0.15, -0.1) is 0 Å². The predicted molar refractivity (Wildman–Crippen MR) is 90.3 cm³/mol. The minimum atomic E-state index is -1.50. The van der Waals surface area contributed by atoms with Crippen LogP contribution in [0.1, 0.15) is 30.9 Å². The van der Waals surface area contributed by atoms with E-state index >= 15 is 0 Å². The summed E-state index contributed by atoms with van der Waals surface area (Å²) in [6, 6.07) is 17.0. The Balaban J connectivity index is 2.07. The molecule has 2 N–H and O–H groups in total. The van der Waals surface area contributed by atoms with Crippen molar-refractivity contribution in [2.75, 3.05) is 7.11 Å². The van der Waals surface area contributed by atoms with Gasteiger partial charge in [0.05, 0.1) is 7.11 Å². The van der Waals surface area contributed by atoms with Crippen LogP contribution in [0.5, 0.6) is 5.75 Å². The van der Waals surface area contributed by atoms with Gasteiger partial charge in [-0.3, -0.25) is 4.79 Å². The van der Waals surface area contributed by atoms with Gasteiger partial charge in [-0.05, 0) is 18.6 Å². The molecule has 0 aliphatic carbocycles. The van der Waals surface area contributed by atoms with E-state index in [9.17, 15) is 9.90 Å². The summed E-state index contributed by atoms with van der Waals surface area (Å²) >= 11 is 0. The first kappa shape index (κ1) is 17.0. The monoisotopic (exact) mass is 313 g/mol. The van der Waals surface area contributed by atoms with E-state index in [0.29, 0.717) is 12.3 Å². The lowest BCUT2D eigenvalue weighted by Gasteiger charge is -2.29. The van der Waals surface area contributed by atoms with Crippen molar-refractivity contribution in [1.82, 2.24) is 5.32 Å². The van der Waals surface area contributed by atoms with E-state index in [0.717, 1.165) is 11.1 Å². The van der Waals surface area contributed by atoms with E-state index < -0.39 is 11.5 Å². The standard InChI is InChI=1S/C19H23NO3/c1-14(15-9-5-4-6-10-15)19(2,22)18(21)20-13-16-11-7-8-12-17(16)23-3/h4-12,14,22H,13H2,1-3H3,(H,20,21)/t14-,19+/m0/s1. The highest BCUT2D eigenvalue weighted by Crippen LogP contribution is 2.28. The second-order valence-electron chi connectivity index (χ2n) is 5.77. The number of carbonyl (C=O) groups excluding carboxylic acids is 1. The summed E-state index contributed by atoms with van der Waals surface area (Å²) in [5.41, 5.74) is 0.292. The van der Waals surface area contributed by atoms with Gasteiger partial charge in [0.2, 0.25) is 0 Å². The summed E-state index contributed by atoms with van der Waals surface area (Å²) < 4.78 is 5.27. The Morgan fingerprint density at radius 3 is 2.43 bits per heavy atom. The second-order valence-corrected chi connectivity index (χ2v) is 5.77. The summed E-state index contributed by atoms with van der Waals surface area (Å²) in [6.07, 6.45) is 0. The van der Waals surface area contributed by atoms with Gasteiger partial charge in [0.1, 0.15) is 11.4 Å². The molecule has 0 aliphatic rings. The third kappa shape index (κ3) is 3.90. The Kier molecular flexibility index (Phi) is 5.40. The molecule has 2 rings (SSSR count). The van der Waals surface area contributed by atoms with Crippen LogP contribution in [0.3, 0.4) is 0 Å². The van der Waals surface area contributed by atoms with Gasteiger partial charge in [0, 0.05) is 18.0 Å². The molecule has 4 heteroatoms. The molecule has 122 valence electrons. The van der Waals surface area contributed by atoms with E-state index in [1.807, 2.05) is 61.5 Å². The number of hydrogen-bond donors (Lipinski definition) is 2. The average Bonchev–Trinajstić information content (AvgIpc) is 2.59. The van der Waals surface area contributed by atoms with Crippen molar-refractivity contribution in [3.8, 4) is 5.75 Å². The highest BCUT2D eigenvalue weighted by molar-refractivity contribution is 5.85. The Labute approximate surface area is 137 Å². The highest BCUT2D eigenvalue weighted by atomic mass is 16.5. The molecule has 0 radical (unpaired) electrons. The molecule has 0 aliphatic heterocycles. The lowest BCUT2D eigenvalue weighted by molar-refractivity contribution is -0.140. The molecule has 0 heterocycles. The number of para-hydroxylation sites is 1. The van der Waals surface area contributed by atoms with E-state index in [-0.39, 0.29) is 5.92 Å². The fraction of sp³-hybridized carbons (Fsp3) is 0.316. The number of hydrogen-bond acceptors (Lipinski definition) is 3. The first-order chi connectivity index (χ1) is 11.0. The van der Waals surface area contributed by atoms with E-state index in [4.69, 9.17) is 4.74 Å².